The van der Waals surface area contributed by atoms with Crippen molar-refractivity contribution >= 4 is 16.2 Å². The van der Waals surface area contributed by atoms with Gasteiger partial charge in [-0.3, -0.25) is 4.18 Å². The molecule has 1 aromatic carbocycles. The Labute approximate surface area is 161 Å². The van der Waals surface area contributed by atoms with E-state index >= 15 is 0 Å². The molecule has 1 unspecified atom stereocenters. The minimum Gasteiger partial charge on any atom is -0.444 e. The highest BCUT2D eigenvalue weighted by Gasteiger charge is 2.34. The summed E-state index contributed by atoms with van der Waals surface area (Å²) in [4.78, 5) is 14.0. The van der Waals surface area contributed by atoms with Gasteiger partial charge in [-0.25, -0.2) is 4.79 Å². The molecule has 2 rings (SSSR count). The van der Waals surface area contributed by atoms with E-state index in [0.29, 0.717) is 19.5 Å². The molecule has 152 valence electrons. The molecule has 1 aromatic rings. The van der Waals surface area contributed by atoms with Gasteiger partial charge >= 0.3 is 6.09 Å². The van der Waals surface area contributed by atoms with Crippen LogP contribution in [0.2, 0.25) is 0 Å². The van der Waals surface area contributed by atoms with E-state index in [9.17, 15) is 13.2 Å². The van der Waals surface area contributed by atoms with Gasteiger partial charge in [0.1, 0.15) is 5.60 Å². The van der Waals surface area contributed by atoms with E-state index in [1.165, 1.54) is 12.1 Å². The number of piperidine rings is 1. The van der Waals surface area contributed by atoms with Crippen molar-refractivity contribution in [1.82, 2.24) is 4.90 Å². The number of benzene rings is 1. The Balaban J connectivity index is 1.96. The maximum absolute atomic E-state index is 12.4. The first-order chi connectivity index (χ1) is 12.5. The number of hydrogen-bond donors (Lipinski definition) is 0. The summed E-state index contributed by atoms with van der Waals surface area (Å²) in [6, 6.07) is 6.52. The molecule has 1 heterocycles. The van der Waals surface area contributed by atoms with Gasteiger partial charge in [-0.1, -0.05) is 17.7 Å². The maximum Gasteiger partial charge on any atom is 0.410 e. The molecule has 0 radical (unpaired) electrons. The second-order valence-electron chi connectivity index (χ2n) is 7.80. The molecule has 0 aliphatic carbocycles. The van der Waals surface area contributed by atoms with Crippen LogP contribution >= 0.6 is 0 Å². The first kappa shape index (κ1) is 21.7. The summed E-state index contributed by atoms with van der Waals surface area (Å²) in [5.41, 5.74) is 0.407. The average Bonchev–Trinajstić information content (AvgIpc) is 2.58. The van der Waals surface area contributed by atoms with Crippen LogP contribution in [0.4, 0.5) is 4.79 Å². The predicted molar refractivity (Wildman–Crippen MR) is 101 cm³/mol. The van der Waals surface area contributed by atoms with Crippen LogP contribution in [-0.4, -0.2) is 57.9 Å². The topological polar surface area (TPSA) is 82.1 Å². The van der Waals surface area contributed by atoms with Crippen LogP contribution in [0.1, 0.15) is 32.8 Å². The van der Waals surface area contributed by atoms with Crippen LogP contribution in [0.5, 0.6) is 0 Å². The lowest BCUT2D eigenvalue weighted by Crippen LogP contribution is -2.50. The molecule has 8 heteroatoms. The summed E-state index contributed by atoms with van der Waals surface area (Å²) in [5.74, 6) is -0.131. The molecule has 1 saturated heterocycles. The van der Waals surface area contributed by atoms with Crippen LogP contribution in [-0.2, 0) is 23.8 Å². The van der Waals surface area contributed by atoms with Crippen molar-refractivity contribution in [2.75, 3.05) is 26.8 Å². The number of rotatable bonds is 5. The molecule has 1 aliphatic rings. The normalized spacial score (nSPS) is 21.1. The lowest BCUT2D eigenvalue weighted by molar-refractivity contribution is -0.0376. The number of aryl methyl sites for hydroxylation is 1. The second-order valence-corrected chi connectivity index (χ2v) is 9.42. The van der Waals surface area contributed by atoms with Crippen molar-refractivity contribution in [3.05, 3.63) is 29.8 Å². The maximum atomic E-state index is 12.4. The fourth-order valence-electron chi connectivity index (χ4n) is 2.87. The van der Waals surface area contributed by atoms with Crippen LogP contribution < -0.4 is 0 Å². The van der Waals surface area contributed by atoms with E-state index < -0.39 is 21.8 Å². The van der Waals surface area contributed by atoms with Gasteiger partial charge < -0.3 is 14.4 Å². The van der Waals surface area contributed by atoms with Crippen molar-refractivity contribution < 1.29 is 26.9 Å². The molecule has 0 N–H and O–H groups in total. The molecule has 7 nitrogen and oxygen atoms in total. The molecule has 27 heavy (non-hydrogen) atoms. The van der Waals surface area contributed by atoms with Gasteiger partial charge in [0.2, 0.25) is 0 Å². The quantitative estimate of drug-likeness (QED) is 0.708. The van der Waals surface area contributed by atoms with Crippen LogP contribution in [0, 0.1) is 12.8 Å². The predicted octanol–water partition coefficient (Wildman–Crippen LogP) is 2.97. The molecule has 2 atom stereocenters. The third-order valence-electron chi connectivity index (χ3n) is 4.40. The number of methoxy groups -OCH3 is 1. The van der Waals surface area contributed by atoms with Gasteiger partial charge in [0.25, 0.3) is 10.1 Å². The fraction of sp³-hybridized carbons (Fsp3) is 0.632. The zero-order chi connectivity index (χ0) is 20.2. The minimum atomic E-state index is -3.82. The van der Waals surface area contributed by atoms with Crippen molar-refractivity contribution in [3.8, 4) is 0 Å². The summed E-state index contributed by atoms with van der Waals surface area (Å²) in [6.45, 7) is 8.15. The SMILES string of the molecule is COC1CN(C(=O)OC(C)(C)C)CC[C@H]1COS(=O)(=O)c1ccc(C)cc1. The van der Waals surface area contributed by atoms with Gasteiger partial charge in [-0.15, -0.1) is 0 Å². The highest BCUT2D eigenvalue weighted by atomic mass is 32.2. The Morgan fingerprint density at radius 1 is 1.22 bits per heavy atom. The van der Waals surface area contributed by atoms with E-state index in [1.807, 2.05) is 27.7 Å². The molecule has 1 amide bonds. The van der Waals surface area contributed by atoms with Gasteiger partial charge in [-0.2, -0.15) is 8.42 Å². The monoisotopic (exact) mass is 399 g/mol. The number of likely N-dealkylation sites (tertiary alicyclic amines) is 1. The van der Waals surface area contributed by atoms with Crippen LogP contribution in [0.15, 0.2) is 29.2 Å². The van der Waals surface area contributed by atoms with Crippen molar-refractivity contribution in [2.45, 2.75) is 50.7 Å². The number of carbonyl (C=O) groups is 1. The van der Waals surface area contributed by atoms with Gasteiger partial charge in [0.05, 0.1) is 24.2 Å². The number of hydrogen-bond acceptors (Lipinski definition) is 6. The van der Waals surface area contributed by atoms with Crippen LogP contribution in [0.3, 0.4) is 0 Å². The summed E-state index contributed by atoms with van der Waals surface area (Å²) in [7, 11) is -2.28. The van der Waals surface area contributed by atoms with Crippen molar-refractivity contribution in [3.63, 3.8) is 0 Å². The van der Waals surface area contributed by atoms with Gasteiger partial charge in [-0.05, 0) is 46.2 Å². The zero-order valence-corrected chi connectivity index (χ0v) is 17.4. The standard InChI is InChI=1S/C19H29NO6S/c1-14-6-8-16(9-7-14)27(22,23)25-13-15-10-11-20(12-17(15)24-5)18(21)26-19(2,3)4/h6-9,15,17H,10-13H2,1-5H3/t15-,17?/m0/s1. The minimum absolute atomic E-state index is 0.0108. The molecule has 0 spiro atoms. The molecule has 0 aromatic heterocycles. The smallest absolute Gasteiger partial charge is 0.410 e. The molecular formula is C19H29NO6S. The average molecular weight is 400 g/mol. The van der Waals surface area contributed by atoms with Crippen LogP contribution in [0.25, 0.3) is 0 Å². The Hall–Kier alpha value is -1.64. The second kappa shape index (κ2) is 8.58. The fourth-order valence-corrected chi connectivity index (χ4v) is 3.82. The Morgan fingerprint density at radius 2 is 1.85 bits per heavy atom. The van der Waals surface area contributed by atoms with E-state index in [-0.39, 0.29) is 23.5 Å². The Bertz CT molecular complexity index is 738. The van der Waals surface area contributed by atoms with Gasteiger partial charge in [0, 0.05) is 19.6 Å². The Kier molecular flexibility index (Phi) is 6.88. The number of amides is 1. The summed E-state index contributed by atoms with van der Waals surface area (Å²) in [5, 5.41) is 0. The lowest BCUT2D eigenvalue weighted by atomic mass is 9.95. The first-order valence-electron chi connectivity index (χ1n) is 8.98. The summed E-state index contributed by atoms with van der Waals surface area (Å²) < 4.78 is 40.9. The van der Waals surface area contributed by atoms with E-state index in [1.54, 1.807) is 24.1 Å². The molecule has 0 bridgehead atoms. The van der Waals surface area contributed by atoms with Gasteiger partial charge in [0.15, 0.2) is 0 Å². The highest BCUT2D eigenvalue weighted by molar-refractivity contribution is 7.86. The number of carbonyl (C=O) groups excluding carboxylic acids is 1. The van der Waals surface area contributed by atoms with E-state index in [2.05, 4.69) is 0 Å². The largest absolute Gasteiger partial charge is 0.444 e. The third-order valence-corrected chi connectivity index (χ3v) is 5.69. The Morgan fingerprint density at radius 3 is 2.41 bits per heavy atom. The number of nitrogens with zero attached hydrogens (tertiary/aromatic N) is 1. The highest BCUT2D eigenvalue weighted by Crippen LogP contribution is 2.24. The van der Waals surface area contributed by atoms with E-state index in [4.69, 9.17) is 13.7 Å². The zero-order valence-electron chi connectivity index (χ0n) is 16.6. The molecular weight excluding hydrogens is 370 g/mol. The molecule has 1 fully saturated rings. The summed E-state index contributed by atoms with van der Waals surface area (Å²) >= 11 is 0. The number of ether oxygens (including phenoxy) is 2. The molecule has 0 saturated carbocycles. The van der Waals surface area contributed by atoms with Crippen molar-refractivity contribution in [2.24, 2.45) is 5.92 Å². The lowest BCUT2D eigenvalue weighted by Gasteiger charge is -2.38. The van der Waals surface area contributed by atoms with E-state index in [0.717, 1.165) is 5.56 Å². The third kappa shape index (κ3) is 6.19. The van der Waals surface area contributed by atoms with Crippen molar-refractivity contribution in [1.29, 1.82) is 0 Å². The first-order valence-corrected chi connectivity index (χ1v) is 10.4. The summed E-state index contributed by atoms with van der Waals surface area (Å²) in [6.07, 6.45) is -0.142. The molecule has 1 aliphatic heterocycles.